The van der Waals surface area contributed by atoms with Crippen LogP contribution in [0, 0.1) is 6.92 Å². The van der Waals surface area contributed by atoms with E-state index in [1.165, 1.54) is 16.5 Å². The van der Waals surface area contributed by atoms with Crippen molar-refractivity contribution in [3.63, 3.8) is 0 Å². The maximum absolute atomic E-state index is 12.1. The number of fused-ring (bicyclic) bond motifs is 1. The Morgan fingerprint density at radius 2 is 2.12 bits per heavy atom. The van der Waals surface area contributed by atoms with Gasteiger partial charge in [-0.15, -0.1) is 0 Å². The summed E-state index contributed by atoms with van der Waals surface area (Å²) < 4.78 is 7.31. The first kappa shape index (κ1) is 16.2. The van der Waals surface area contributed by atoms with Crippen molar-refractivity contribution in [2.24, 2.45) is 0 Å². The van der Waals surface area contributed by atoms with Gasteiger partial charge in [0.15, 0.2) is 0 Å². The van der Waals surface area contributed by atoms with E-state index in [9.17, 15) is 14.7 Å². The van der Waals surface area contributed by atoms with Gasteiger partial charge in [0.2, 0.25) is 0 Å². The Labute approximate surface area is 145 Å². The molecule has 0 saturated heterocycles. The summed E-state index contributed by atoms with van der Waals surface area (Å²) in [5.74, 6) is -0.784. The van der Waals surface area contributed by atoms with E-state index in [1.54, 1.807) is 37.4 Å². The van der Waals surface area contributed by atoms with Crippen LogP contribution in [0.3, 0.4) is 0 Å². The molecule has 0 atom stereocenters. The molecule has 6 nitrogen and oxygen atoms in total. The van der Waals surface area contributed by atoms with Gasteiger partial charge in [-0.05, 0) is 46.6 Å². The zero-order valence-corrected chi connectivity index (χ0v) is 14.3. The van der Waals surface area contributed by atoms with Gasteiger partial charge >= 0.3 is 5.97 Å². The van der Waals surface area contributed by atoms with E-state index in [0.717, 1.165) is 4.47 Å². The molecule has 0 radical (unpaired) electrons. The minimum Gasteiger partial charge on any atom is -0.507 e. The second-order valence-electron chi connectivity index (χ2n) is 5.21. The van der Waals surface area contributed by atoms with Crippen LogP contribution in [0.15, 0.2) is 51.9 Å². The lowest BCUT2D eigenvalue weighted by atomic mass is 10.1. The third kappa shape index (κ3) is 3.16. The Morgan fingerprint density at radius 3 is 2.92 bits per heavy atom. The number of para-hydroxylation sites is 1. The van der Waals surface area contributed by atoms with Crippen molar-refractivity contribution in [3.05, 3.63) is 74.2 Å². The van der Waals surface area contributed by atoms with Gasteiger partial charge in [0.1, 0.15) is 23.6 Å². The highest BCUT2D eigenvalue weighted by atomic mass is 79.9. The maximum Gasteiger partial charge on any atom is 0.342 e. The first-order valence-electron chi connectivity index (χ1n) is 7.09. The van der Waals surface area contributed by atoms with Gasteiger partial charge in [-0.2, -0.15) is 0 Å². The Hall–Kier alpha value is -2.67. The van der Waals surface area contributed by atoms with Gasteiger partial charge in [-0.25, -0.2) is 9.78 Å². The van der Waals surface area contributed by atoms with E-state index in [1.807, 2.05) is 0 Å². The topological polar surface area (TPSA) is 80.9 Å². The van der Waals surface area contributed by atoms with E-state index in [2.05, 4.69) is 20.9 Å². The summed E-state index contributed by atoms with van der Waals surface area (Å²) in [6, 6.07) is 9.58. The van der Waals surface area contributed by atoms with Crippen LogP contribution in [0.5, 0.6) is 5.75 Å². The van der Waals surface area contributed by atoms with E-state index in [4.69, 9.17) is 4.74 Å². The number of nitrogens with zero attached hydrogens (tertiary/aromatic N) is 2. The number of esters is 1. The Bertz CT molecular complexity index is 998. The lowest BCUT2D eigenvalue weighted by Crippen LogP contribution is -2.16. The smallest absolute Gasteiger partial charge is 0.342 e. The number of phenolic OH excluding ortho intramolecular Hbond substituents is 1. The number of rotatable bonds is 3. The average molecular weight is 389 g/mol. The van der Waals surface area contributed by atoms with Crippen LogP contribution in [-0.2, 0) is 11.3 Å². The summed E-state index contributed by atoms with van der Waals surface area (Å²) in [6.45, 7) is 1.53. The summed E-state index contributed by atoms with van der Waals surface area (Å²) in [7, 11) is 0. The number of carbonyl (C=O) groups excluding carboxylic acids is 1. The molecule has 0 aliphatic heterocycles. The van der Waals surface area contributed by atoms with Gasteiger partial charge in [0.05, 0.1) is 5.69 Å². The number of ether oxygens (including phenoxy) is 1. The molecule has 0 amide bonds. The van der Waals surface area contributed by atoms with Crippen LogP contribution in [0.1, 0.15) is 21.6 Å². The molecular weight excluding hydrogens is 376 g/mol. The lowest BCUT2D eigenvalue weighted by Gasteiger charge is -2.08. The third-order valence-electron chi connectivity index (χ3n) is 3.49. The lowest BCUT2D eigenvalue weighted by molar-refractivity contribution is 0.0464. The summed E-state index contributed by atoms with van der Waals surface area (Å²) in [5.41, 5.74) is 1.18. The van der Waals surface area contributed by atoms with Crippen LogP contribution in [0.2, 0.25) is 0 Å². The van der Waals surface area contributed by atoms with E-state index in [0.29, 0.717) is 16.9 Å². The monoisotopic (exact) mass is 388 g/mol. The molecule has 24 heavy (non-hydrogen) atoms. The van der Waals surface area contributed by atoms with E-state index < -0.39 is 5.97 Å². The highest BCUT2D eigenvalue weighted by molar-refractivity contribution is 9.10. The van der Waals surface area contributed by atoms with Crippen molar-refractivity contribution in [1.29, 1.82) is 0 Å². The van der Waals surface area contributed by atoms with Crippen molar-refractivity contribution >= 4 is 27.5 Å². The van der Waals surface area contributed by atoms with Gasteiger partial charge < -0.3 is 9.84 Å². The predicted molar refractivity (Wildman–Crippen MR) is 91.1 cm³/mol. The number of aromatic nitrogens is 2. The molecule has 2 heterocycles. The van der Waals surface area contributed by atoms with Crippen LogP contribution in [0.25, 0.3) is 5.65 Å². The highest BCUT2D eigenvalue weighted by Crippen LogP contribution is 2.22. The number of hydrogen-bond donors (Lipinski definition) is 1. The van der Waals surface area contributed by atoms with Gasteiger partial charge in [0.25, 0.3) is 5.56 Å². The molecule has 0 aliphatic carbocycles. The molecule has 3 aromatic rings. The molecule has 0 fully saturated rings. The van der Waals surface area contributed by atoms with Crippen molar-refractivity contribution in [2.75, 3.05) is 0 Å². The standard InChI is InChI=1S/C17H13BrN2O4/c1-10-3-2-4-13(16(10)22)17(23)24-9-12-7-15(21)20-8-11(18)5-6-14(20)19-12/h2-8,22H,9H2,1H3. The Kier molecular flexibility index (Phi) is 4.35. The molecule has 0 saturated carbocycles. The largest absolute Gasteiger partial charge is 0.507 e. The first-order valence-corrected chi connectivity index (χ1v) is 7.88. The summed E-state index contributed by atoms with van der Waals surface area (Å²) in [6.07, 6.45) is 1.62. The minimum atomic E-state index is -0.672. The zero-order chi connectivity index (χ0) is 17.3. The molecule has 0 bridgehead atoms. The zero-order valence-electron chi connectivity index (χ0n) is 12.7. The van der Waals surface area contributed by atoms with Crippen molar-refractivity contribution < 1.29 is 14.6 Å². The van der Waals surface area contributed by atoms with Gasteiger partial charge in [-0.1, -0.05) is 12.1 Å². The number of halogens is 1. The highest BCUT2D eigenvalue weighted by Gasteiger charge is 2.14. The minimum absolute atomic E-state index is 0.0800. The third-order valence-corrected chi connectivity index (χ3v) is 3.95. The van der Waals surface area contributed by atoms with Crippen molar-refractivity contribution in [3.8, 4) is 5.75 Å². The summed E-state index contributed by atoms with van der Waals surface area (Å²) in [5, 5.41) is 9.90. The summed E-state index contributed by atoms with van der Waals surface area (Å²) >= 11 is 3.29. The summed E-state index contributed by atoms with van der Waals surface area (Å²) in [4.78, 5) is 28.5. The molecule has 0 aliphatic rings. The van der Waals surface area contributed by atoms with Crippen molar-refractivity contribution in [2.45, 2.75) is 13.5 Å². The number of phenols is 1. The fourth-order valence-corrected chi connectivity index (χ4v) is 2.58. The molecule has 1 aromatic carbocycles. The van der Waals surface area contributed by atoms with Gasteiger partial charge in [0, 0.05) is 16.7 Å². The average Bonchev–Trinajstić information content (AvgIpc) is 2.56. The second kappa shape index (κ2) is 6.45. The number of benzene rings is 1. The molecular formula is C17H13BrN2O4. The van der Waals surface area contributed by atoms with E-state index >= 15 is 0 Å². The van der Waals surface area contributed by atoms with Crippen LogP contribution < -0.4 is 5.56 Å². The molecule has 3 rings (SSSR count). The van der Waals surface area contributed by atoms with Crippen LogP contribution in [0.4, 0.5) is 0 Å². The van der Waals surface area contributed by atoms with E-state index in [-0.39, 0.29) is 23.5 Å². The van der Waals surface area contributed by atoms with Crippen LogP contribution in [-0.4, -0.2) is 20.5 Å². The maximum atomic E-state index is 12.1. The Morgan fingerprint density at radius 1 is 1.33 bits per heavy atom. The molecule has 2 aromatic heterocycles. The normalized spacial score (nSPS) is 10.8. The first-order chi connectivity index (χ1) is 11.5. The Balaban J connectivity index is 1.83. The second-order valence-corrected chi connectivity index (χ2v) is 6.12. The SMILES string of the molecule is Cc1cccc(C(=O)OCc2cc(=O)n3cc(Br)ccc3n2)c1O. The quantitative estimate of drug-likeness (QED) is 0.697. The number of aryl methyl sites for hydroxylation is 1. The van der Waals surface area contributed by atoms with Gasteiger partial charge in [-0.3, -0.25) is 9.20 Å². The fraction of sp³-hybridized carbons (Fsp3) is 0.118. The number of aromatic hydroxyl groups is 1. The number of pyridine rings is 1. The number of hydrogen-bond acceptors (Lipinski definition) is 5. The molecule has 122 valence electrons. The van der Waals surface area contributed by atoms with Crippen molar-refractivity contribution in [1.82, 2.24) is 9.38 Å². The number of carbonyl (C=O) groups is 1. The van der Waals surface area contributed by atoms with Crippen LogP contribution >= 0.6 is 15.9 Å². The molecule has 7 heteroatoms. The molecule has 0 spiro atoms. The fourth-order valence-electron chi connectivity index (χ4n) is 2.24. The molecule has 1 N–H and O–H groups in total. The predicted octanol–water partition coefficient (Wildman–Crippen LogP) is 2.83. The molecule has 0 unspecified atom stereocenters.